The molecular weight excluding hydrogens is 1450 g/mol. The molecule has 2 aliphatic carbocycles. The Kier molecular flexibility index (Phi) is 35.7. The molecule has 6 aromatic heterocycles. The van der Waals surface area contributed by atoms with Gasteiger partial charge in [-0.05, 0) is 121 Å². The fourth-order valence-electron chi connectivity index (χ4n) is 20.3. The van der Waals surface area contributed by atoms with Gasteiger partial charge in [-0.15, -0.1) is 45.3 Å². The molecule has 12 rings (SSSR count). The number of benzene rings is 4. The number of thiophene rings is 4. The number of aryl methyl sites for hydroxylation is 2. The second kappa shape index (κ2) is 45.8. The summed E-state index contributed by atoms with van der Waals surface area (Å²) in [6.07, 6.45) is 82.4. The molecule has 4 nitrogen and oxygen atoms in total. The summed E-state index contributed by atoms with van der Waals surface area (Å²) < 4.78 is 30.3. The fraction of sp³-hybridized carbons (Fsp3) is 0.680. The van der Waals surface area contributed by atoms with Crippen molar-refractivity contribution in [1.29, 1.82) is 0 Å². The monoisotopic (exact) mass is 1590 g/mol. The summed E-state index contributed by atoms with van der Waals surface area (Å²) in [6, 6.07) is 21.2. The minimum atomic E-state index is -0.156. The Hall–Kier alpha value is -3.64. The molecule has 0 amide bonds. The molecule has 4 aromatic carbocycles. The average molecular weight is 1600 g/mol. The maximum atomic E-state index is 5.61. The van der Waals surface area contributed by atoms with Crippen LogP contribution in [0.3, 0.4) is 0 Å². The maximum Gasteiger partial charge on any atom is 0.114 e. The van der Waals surface area contributed by atoms with Crippen LogP contribution in [0.1, 0.15) is 446 Å². The second-order valence-corrected chi connectivity index (χ2v) is 40.8. The van der Waals surface area contributed by atoms with E-state index in [1.54, 1.807) is 22.3 Å². The van der Waals surface area contributed by atoms with Crippen molar-refractivity contribution in [2.45, 2.75) is 438 Å². The molecule has 0 radical (unpaired) electrons. The van der Waals surface area contributed by atoms with Crippen molar-refractivity contribution >= 4 is 130 Å². The highest BCUT2D eigenvalue weighted by Gasteiger charge is 2.50. The predicted molar refractivity (Wildman–Crippen MR) is 497 cm³/mol. The first kappa shape index (κ1) is 85.7. The molecule has 6 heterocycles. The third-order valence-electron chi connectivity index (χ3n) is 26.7. The zero-order valence-electron chi connectivity index (χ0n) is 70.3. The van der Waals surface area contributed by atoms with Gasteiger partial charge in [0.05, 0.1) is 32.9 Å². The molecular formula is C100H146N4S6. The van der Waals surface area contributed by atoms with Gasteiger partial charge in [0.2, 0.25) is 0 Å². The van der Waals surface area contributed by atoms with Gasteiger partial charge in [-0.2, -0.15) is 17.5 Å². The first-order valence-electron chi connectivity index (χ1n) is 46.9. The number of fused-ring (bicyclic) bond motifs is 16. The average Bonchev–Trinajstić information content (AvgIpc) is 1.51. The van der Waals surface area contributed by atoms with Gasteiger partial charge in [-0.3, -0.25) is 0 Å². The molecule has 0 fully saturated rings. The van der Waals surface area contributed by atoms with Crippen LogP contribution < -0.4 is 0 Å². The molecule has 110 heavy (non-hydrogen) atoms. The van der Waals surface area contributed by atoms with E-state index in [1.165, 1.54) is 496 Å². The van der Waals surface area contributed by atoms with Crippen molar-refractivity contribution < 1.29 is 0 Å². The predicted octanol–water partition coefficient (Wildman–Crippen LogP) is 36.9. The van der Waals surface area contributed by atoms with Gasteiger partial charge in [0.15, 0.2) is 0 Å². The van der Waals surface area contributed by atoms with Crippen LogP contribution in [0.25, 0.3) is 93.7 Å². The molecule has 0 spiro atoms. The minimum absolute atomic E-state index is 0.0979. The van der Waals surface area contributed by atoms with Crippen molar-refractivity contribution in [3.05, 3.63) is 81.2 Å². The fourth-order valence-corrected chi connectivity index (χ4v) is 26.5. The summed E-state index contributed by atoms with van der Waals surface area (Å²) in [5, 5.41) is 2.86. The Labute approximate surface area is 693 Å². The second-order valence-electron chi connectivity index (χ2n) is 35.3. The van der Waals surface area contributed by atoms with Crippen LogP contribution in [0.4, 0.5) is 0 Å². The van der Waals surface area contributed by atoms with Crippen LogP contribution >= 0.6 is 68.8 Å². The summed E-state index contributed by atoms with van der Waals surface area (Å²) >= 11 is 10.9. The number of hydrogen-bond donors (Lipinski definition) is 0. The number of rotatable bonds is 61. The molecule has 0 bridgehead atoms. The van der Waals surface area contributed by atoms with Crippen LogP contribution in [0.5, 0.6) is 0 Å². The van der Waals surface area contributed by atoms with Gasteiger partial charge < -0.3 is 0 Å². The highest BCUT2D eigenvalue weighted by Crippen LogP contribution is 2.64. The summed E-state index contributed by atoms with van der Waals surface area (Å²) in [6.45, 7) is 14.0. The topological polar surface area (TPSA) is 51.6 Å². The number of aromatic nitrogens is 4. The van der Waals surface area contributed by atoms with Crippen molar-refractivity contribution in [1.82, 2.24) is 17.5 Å². The lowest BCUT2D eigenvalue weighted by Crippen LogP contribution is -2.27. The van der Waals surface area contributed by atoms with Gasteiger partial charge in [0.1, 0.15) is 22.1 Å². The zero-order valence-corrected chi connectivity index (χ0v) is 75.2. The molecule has 0 saturated heterocycles. The summed E-state index contributed by atoms with van der Waals surface area (Å²) in [5.74, 6) is 0. The Morgan fingerprint density at radius 3 is 0.882 bits per heavy atom. The number of unbranched alkanes of at least 4 members (excludes halogenated alkanes) is 52. The van der Waals surface area contributed by atoms with Gasteiger partial charge in [-0.1, -0.05) is 393 Å². The van der Waals surface area contributed by atoms with Crippen molar-refractivity contribution in [2.75, 3.05) is 0 Å². The maximum absolute atomic E-state index is 5.61. The van der Waals surface area contributed by atoms with Crippen molar-refractivity contribution in [2.24, 2.45) is 0 Å². The largest absolute Gasteiger partial charge is 0.173 e. The molecule has 2 aliphatic rings. The number of nitrogens with zero attached hydrogens (tertiary/aromatic N) is 4. The third kappa shape index (κ3) is 22.1. The van der Waals surface area contributed by atoms with Crippen LogP contribution in [0.15, 0.2) is 48.5 Å². The normalized spacial score (nSPS) is 13.7. The highest BCUT2D eigenvalue weighted by atomic mass is 32.1. The lowest BCUT2D eigenvalue weighted by Gasteiger charge is -2.35. The lowest BCUT2D eigenvalue weighted by molar-refractivity contribution is 0.393. The molecule has 0 N–H and O–H groups in total. The molecule has 10 heteroatoms. The minimum Gasteiger partial charge on any atom is -0.173 e. The molecule has 602 valence electrons. The van der Waals surface area contributed by atoms with Gasteiger partial charge in [-0.25, -0.2) is 0 Å². The van der Waals surface area contributed by atoms with Crippen LogP contribution in [-0.2, 0) is 10.8 Å². The first-order valence-corrected chi connectivity index (χ1v) is 51.6. The molecule has 0 unspecified atom stereocenters. The Morgan fingerprint density at radius 2 is 0.527 bits per heavy atom. The van der Waals surface area contributed by atoms with Crippen LogP contribution in [-0.4, -0.2) is 17.5 Å². The lowest BCUT2D eigenvalue weighted by atomic mass is 9.68. The van der Waals surface area contributed by atoms with E-state index in [0.29, 0.717) is 0 Å². The first-order chi connectivity index (χ1) is 54.3. The smallest absolute Gasteiger partial charge is 0.114 e. The zero-order chi connectivity index (χ0) is 76.0. The Morgan fingerprint density at radius 1 is 0.245 bits per heavy atom. The Bertz CT molecular complexity index is 4270. The highest BCUT2D eigenvalue weighted by molar-refractivity contribution is 7.35. The van der Waals surface area contributed by atoms with E-state index >= 15 is 0 Å². The van der Waals surface area contributed by atoms with Gasteiger partial charge >= 0.3 is 0 Å². The van der Waals surface area contributed by atoms with E-state index in [2.05, 4.69) is 90.1 Å². The van der Waals surface area contributed by atoms with Crippen LogP contribution in [0, 0.1) is 13.8 Å². The van der Waals surface area contributed by atoms with E-state index in [0.717, 1.165) is 16.6 Å². The van der Waals surface area contributed by atoms with Gasteiger partial charge in [0, 0.05) is 66.8 Å². The summed E-state index contributed by atoms with van der Waals surface area (Å²) in [4.78, 5) is 2.77. The van der Waals surface area contributed by atoms with E-state index < -0.39 is 0 Å². The van der Waals surface area contributed by atoms with E-state index in [9.17, 15) is 0 Å². The van der Waals surface area contributed by atoms with E-state index in [4.69, 9.17) is 17.5 Å². The molecule has 0 atom stereocenters. The molecule has 10 aromatic rings. The summed E-state index contributed by atoms with van der Waals surface area (Å²) in [7, 11) is 0. The molecule has 0 aliphatic heterocycles. The summed E-state index contributed by atoms with van der Waals surface area (Å²) in [5.41, 5.74) is 19.2. The van der Waals surface area contributed by atoms with Crippen LogP contribution in [0.2, 0.25) is 0 Å². The van der Waals surface area contributed by atoms with Gasteiger partial charge in [0.25, 0.3) is 0 Å². The van der Waals surface area contributed by atoms with E-state index in [-0.39, 0.29) is 10.8 Å². The van der Waals surface area contributed by atoms with Crippen molar-refractivity contribution in [3.8, 4) is 32.7 Å². The standard InChI is InChI=1S/C100H146N4S6/c1-7-11-15-19-23-27-31-35-39-43-47-51-55-59-63-99(64-60-56-52-48-44-40-36-32-28-24-20-16-12-8-2)82-70-78-83(69-77(82)91-84(99)67-75(5)93-95(91)103-109-101-93)100(65-61-57-53-49-45-41-37-33-29-25-21-17-13-9-3,66-62-58-54-50-46-42-38-34-30-26-22-18-14-10-4)85-71-79(94-96(92(78)85)104-110-102-94)88-74-90-98(108-88)81-73-86-80(72-87(81)107-90)97-89(106-86)68-76(6)105-97/h67-74H,7-66H2,1-6H3. The van der Waals surface area contributed by atoms with E-state index in [1.807, 2.05) is 45.3 Å². The van der Waals surface area contributed by atoms with Crippen molar-refractivity contribution in [3.63, 3.8) is 0 Å². The quantitative estimate of drug-likeness (QED) is 0.0357. The number of hydrogen-bond acceptors (Lipinski definition) is 10. The third-order valence-corrected chi connectivity index (χ3v) is 32.4. The SMILES string of the molecule is CCCCCCCCCCCCCCCCC1(CCCCCCCCCCCCCCCC)c2cc3c(cc2-c2c1cc(C)c1nsnc21)C(CCCCCCCCCCCCCCCC)(CCCCCCCCCCCCCCCC)c1cc(-c2cc4sc5cc6c(cc5c4s2)sc2cc(C)sc26)c2nsnc2c1-3. The molecule has 0 saturated carbocycles. The Balaban J connectivity index is 0.886.